The van der Waals surface area contributed by atoms with Crippen molar-refractivity contribution in [3.8, 4) is 5.75 Å². The molecule has 0 fully saturated rings. The molecule has 0 aliphatic heterocycles. The van der Waals surface area contributed by atoms with Crippen LogP contribution in [-0.4, -0.2) is 5.11 Å². The molecule has 0 spiro atoms. The van der Waals surface area contributed by atoms with Gasteiger partial charge in [-0.15, -0.1) is 0 Å². The third-order valence-corrected chi connectivity index (χ3v) is 8.07. The normalized spacial score (nSPS) is 12.6. The number of hydrogen-bond acceptors (Lipinski definition) is 1. The summed E-state index contributed by atoms with van der Waals surface area (Å²) >= 11 is 0. The van der Waals surface area contributed by atoms with Crippen LogP contribution in [0.3, 0.4) is 0 Å². The van der Waals surface area contributed by atoms with Crippen LogP contribution in [0.4, 0.5) is 0 Å². The Hall–Kier alpha value is -2.54. The molecular formula is C35H48O. The first-order valence-electron chi connectivity index (χ1n) is 14.3. The standard InChI is InChI=1S/C35H48O/c1-6-7-8-9-10-11-12-14-17-27(2)33-26-29(20-23-34(33)36)25-30-21-22-32(24-28(30)3)35(4,5)31-18-15-13-16-19-31/h13,15-16,18-24,26-27,36H,6-12,14,17,25H2,1-5H3. The number of unbranched alkanes of at least 4 members (excludes halogenated alkanes) is 7. The maximum Gasteiger partial charge on any atom is 0.119 e. The first-order valence-corrected chi connectivity index (χ1v) is 14.3. The van der Waals surface area contributed by atoms with Gasteiger partial charge in [-0.2, -0.15) is 0 Å². The highest BCUT2D eigenvalue weighted by Crippen LogP contribution is 2.34. The Morgan fingerprint density at radius 2 is 1.42 bits per heavy atom. The number of aromatic hydroxyl groups is 1. The number of phenols is 1. The topological polar surface area (TPSA) is 20.2 Å². The molecule has 0 amide bonds. The van der Waals surface area contributed by atoms with Crippen molar-refractivity contribution in [1.29, 1.82) is 0 Å². The van der Waals surface area contributed by atoms with Crippen LogP contribution in [0.5, 0.6) is 5.75 Å². The first-order chi connectivity index (χ1) is 17.3. The van der Waals surface area contributed by atoms with Crippen LogP contribution in [-0.2, 0) is 11.8 Å². The summed E-state index contributed by atoms with van der Waals surface area (Å²) in [5.41, 5.74) is 7.74. The molecule has 1 unspecified atom stereocenters. The molecule has 0 aliphatic carbocycles. The molecule has 1 atom stereocenters. The number of rotatable bonds is 14. The van der Waals surface area contributed by atoms with Gasteiger partial charge in [0, 0.05) is 5.41 Å². The molecule has 0 aromatic heterocycles. The lowest BCUT2D eigenvalue weighted by Crippen LogP contribution is -2.19. The highest BCUT2D eigenvalue weighted by atomic mass is 16.3. The van der Waals surface area contributed by atoms with Crippen LogP contribution >= 0.6 is 0 Å². The molecule has 36 heavy (non-hydrogen) atoms. The van der Waals surface area contributed by atoms with Crippen molar-refractivity contribution in [2.24, 2.45) is 0 Å². The average Bonchev–Trinajstić information content (AvgIpc) is 2.88. The van der Waals surface area contributed by atoms with E-state index in [0.717, 1.165) is 18.4 Å². The van der Waals surface area contributed by atoms with Crippen LogP contribution < -0.4 is 0 Å². The summed E-state index contributed by atoms with van der Waals surface area (Å²) in [5, 5.41) is 10.6. The van der Waals surface area contributed by atoms with E-state index >= 15 is 0 Å². The Kier molecular flexibility index (Phi) is 10.7. The van der Waals surface area contributed by atoms with Crippen molar-refractivity contribution < 1.29 is 5.11 Å². The van der Waals surface area contributed by atoms with Gasteiger partial charge in [-0.3, -0.25) is 0 Å². The van der Waals surface area contributed by atoms with E-state index in [4.69, 9.17) is 0 Å². The summed E-state index contributed by atoms with van der Waals surface area (Å²) in [6, 6.07) is 23.9. The Balaban J connectivity index is 1.61. The Labute approximate surface area is 221 Å². The summed E-state index contributed by atoms with van der Waals surface area (Å²) in [5.74, 6) is 0.836. The third-order valence-electron chi connectivity index (χ3n) is 8.07. The zero-order valence-electron chi connectivity index (χ0n) is 23.4. The molecule has 0 aliphatic rings. The average molecular weight is 485 g/mol. The summed E-state index contributed by atoms with van der Waals surface area (Å²) in [4.78, 5) is 0. The van der Waals surface area contributed by atoms with Gasteiger partial charge in [0.15, 0.2) is 0 Å². The zero-order chi connectivity index (χ0) is 26.0. The lowest BCUT2D eigenvalue weighted by molar-refractivity contribution is 0.457. The molecule has 0 saturated heterocycles. The number of benzene rings is 3. The predicted molar refractivity (Wildman–Crippen MR) is 156 cm³/mol. The first kappa shape index (κ1) is 28.0. The number of phenolic OH excluding ortho intramolecular Hbond substituents is 1. The molecule has 3 aromatic rings. The molecule has 3 aromatic carbocycles. The van der Waals surface area contributed by atoms with Gasteiger partial charge in [-0.1, -0.05) is 140 Å². The SMILES string of the molecule is CCCCCCCCCCC(C)c1cc(Cc2ccc(C(C)(C)c3ccccc3)cc2C)ccc1O. The molecule has 0 bridgehead atoms. The molecule has 0 saturated carbocycles. The van der Waals surface area contributed by atoms with Crippen molar-refractivity contribution in [3.63, 3.8) is 0 Å². The van der Waals surface area contributed by atoms with Gasteiger partial charge in [0.1, 0.15) is 5.75 Å². The van der Waals surface area contributed by atoms with Gasteiger partial charge in [0.2, 0.25) is 0 Å². The van der Waals surface area contributed by atoms with Crippen molar-refractivity contribution in [1.82, 2.24) is 0 Å². The lowest BCUT2D eigenvalue weighted by Gasteiger charge is -2.27. The fourth-order valence-corrected chi connectivity index (χ4v) is 5.37. The van der Waals surface area contributed by atoms with Crippen molar-refractivity contribution in [2.45, 2.75) is 110 Å². The summed E-state index contributed by atoms with van der Waals surface area (Å²) in [6.07, 6.45) is 12.8. The molecule has 1 heteroatoms. The van der Waals surface area contributed by atoms with Crippen LogP contribution in [0.1, 0.15) is 125 Å². The fraction of sp³-hybridized carbons (Fsp3) is 0.486. The van der Waals surface area contributed by atoms with E-state index in [-0.39, 0.29) is 5.41 Å². The van der Waals surface area contributed by atoms with E-state index in [0.29, 0.717) is 11.7 Å². The molecule has 3 rings (SSSR count). The molecular weight excluding hydrogens is 436 g/mol. The Morgan fingerprint density at radius 1 is 0.750 bits per heavy atom. The molecule has 0 heterocycles. The summed E-state index contributed by atoms with van der Waals surface area (Å²) < 4.78 is 0. The fourth-order valence-electron chi connectivity index (χ4n) is 5.37. The molecule has 1 nitrogen and oxygen atoms in total. The second-order valence-electron chi connectivity index (χ2n) is 11.4. The van der Waals surface area contributed by atoms with Gasteiger partial charge < -0.3 is 5.11 Å². The van der Waals surface area contributed by atoms with E-state index < -0.39 is 0 Å². The van der Waals surface area contributed by atoms with Gasteiger partial charge in [-0.05, 0) is 65.1 Å². The predicted octanol–water partition coefficient (Wildman–Crippen LogP) is 10.3. The smallest absolute Gasteiger partial charge is 0.119 e. The summed E-state index contributed by atoms with van der Waals surface area (Å²) in [6.45, 7) is 11.4. The van der Waals surface area contributed by atoms with Crippen LogP contribution in [0.2, 0.25) is 0 Å². The van der Waals surface area contributed by atoms with Crippen LogP contribution in [0, 0.1) is 6.92 Å². The Morgan fingerprint density at radius 3 is 2.08 bits per heavy atom. The summed E-state index contributed by atoms with van der Waals surface area (Å²) in [7, 11) is 0. The third kappa shape index (κ3) is 7.73. The van der Waals surface area contributed by atoms with Gasteiger partial charge >= 0.3 is 0 Å². The number of hydrogen-bond donors (Lipinski definition) is 1. The second kappa shape index (κ2) is 13.7. The maximum atomic E-state index is 10.6. The number of aryl methyl sites for hydroxylation is 1. The van der Waals surface area contributed by atoms with Gasteiger partial charge in [0.05, 0.1) is 0 Å². The van der Waals surface area contributed by atoms with Crippen molar-refractivity contribution >= 4 is 0 Å². The van der Waals surface area contributed by atoms with E-state index in [1.165, 1.54) is 79.2 Å². The van der Waals surface area contributed by atoms with Crippen molar-refractivity contribution in [3.05, 3.63) is 100 Å². The highest BCUT2D eigenvalue weighted by Gasteiger charge is 2.23. The Bertz CT molecular complexity index is 1060. The maximum absolute atomic E-state index is 10.6. The zero-order valence-corrected chi connectivity index (χ0v) is 23.4. The quantitative estimate of drug-likeness (QED) is 0.226. The highest BCUT2D eigenvalue weighted by molar-refractivity contribution is 5.45. The van der Waals surface area contributed by atoms with Gasteiger partial charge in [0.25, 0.3) is 0 Å². The largest absolute Gasteiger partial charge is 0.508 e. The molecule has 194 valence electrons. The van der Waals surface area contributed by atoms with Crippen LogP contribution in [0.15, 0.2) is 66.7 Å². The minimum Gasteiger partial charge on any atom is -0.508 e. The lowest BCUT2D eigenvalue weighted by atomic mass is 9.77. The van der Waals surface area contributed by atoms with Gasteiger partial charge in [-0.25, -0.2) is 0 Å². The molecule has 0 radical (unpaired) electrons. The van der Waals surface area contributed by atoms with E-state index in [9.17, 15) is 5.11 Å². The minimum absolute atomic E-state index is 0.0266. The van der Waals surface area contributed by atoms with E-state index in [2.05, 4.69) is 95.3 Å². The molecule has 1 N–H and O–H groups in total. The monoisotopic (exact) mass is 484 g/mol. The van der Waals surface area contributed by atoms with Crippen LogP contribution in [0.25, 0.3) is 0 Å². The minimum atomic E-state index is -0.0266. The van der Waals surface area contributed by atoms with E-state index in [1.54, 1.807) is 0 Å². The van der Waals surface area contributed by atoms with E-state index in [1.807, 2.05) is 6.07 Å². The van der Waals surface area contributed by atoms with Crippen molar-refractivity contribution in [2.75, 3.05) is 0 Å². The second-order valence-corrected chi connectivity index (χ2v) is 11.4.